The van der Waals surface area contributed by atoms with Gasteiger partial charge in [0.05, 0.1) is 18.3 Å². The lowest BCUT2D eigenvalue weighted by molar-refractivity contribution is 0.187. The van der Waals surface area contributed by atoms with Crippen LogP contribution in [-0.4, -0.2) is 17.8 Å². The molecule has 3 aromatic carbocycles. The Labute approximate surface area is 186 Å². The van der Waals surface area contributed by atoms with Gasteiger partial charge in [0, 0.05) is 22.8 Å². The summed E-state index contributed by atoms with van der Waals surface area (Å²) in [4.78, 5) is 24.5. The summed E-state index contributed by atoms with van der Waals surface area (Å²) in [5, 5.41) is 3.31. The van der Waals surface area contributed by atoms with E-state index in [1.54, 1.807) is 31.3 Å². The first-order chi connectivity index (χ1) is 15.4. The number of nitrogens with zero attached hydrogens (tertiary/aromatic N) is 1. The topological polar surface area (TPSA) is 69.6 Å². The molecule has 1 heterocycles. The maximum atomic E-state index is 12.7. The van der Waals surface area contributed by atoms with Crippen molar-refractivity contribution < 1.29 is 14.3 Å². The third-order valence-electron chi connectivity index (χ3n) is 5.36. The molecule has 0 aliphatic carbocycles. The second-order valence-electron chi connectivity index (χ2n) is 7.65. The van der Waals surface area contributed by atoms with Gasteiger partial charge in [-0.2, -0.15) is 0 Å². The molecule has 0 unspecified atom stereocenters. The van der Waals surface area contributed by atoms with Gasteiger partial charge in [-0.25, -0.2) is 4.79 Å². The lowest BCUT2D eigenvalue weighted by Crippen LogP contribution is -2.13. The molecular formula is C26H24N2O4. The zero-order chi connectivity index (χ0) is 22.8. The number of nitrogens with one attached hydrogen (secondary N) is 1. The standard InChI is InChI=1S/C26H24N2O4/c1-16-8-7-9-17(2)25(16)32-23-13-12-19(27-26(30)31-4)14-22(23)28-15-18(3)24(29)20-10-5-6-11-21(20)28/h5-15H,1-4H3,(H,27,30). The molecule has 4 rings (SSSR count). The van der Waals surface area contributed by atoms with E-state index in [1.165, 1.54) is 7.11 Å². The first kappa shape index (κ1) is 21.2. The number of anilines is 1. The van der Waals surface area contributed by atoms with Crippen LogP contribution in [0.4, 0.5) is 10.5 Å². The van der Waals surface area contributed by atoms with E-state index in [2.05, 4.69) is 5.32 Å². The second-order valence-corrected chi connectivity index (χ2v) is 7.65. The Morgan fingerprint density at radius 3 is 2.34 bits per heavy atom. The van der Waals surface area contributed by atoms with Crippen LogP contribution in [0.2, 0.25) is 0 Å². The van der Waals surface area contributed by atoms with Crippen molar-refractivity contribution in [3.8, 4) is 17.2 Å². The smallest absolute Gasteiger partial charge is 0.411 e. The van der Waals surface area contributed by atoms with Gasteiger partial charge in [0.1, 0.15) is 5.75 Å². The highest BCUT2D eigenvalue weighted by Crippen LogP contribution is 2.35. The molecule has 0 spiro atoms. The Hall–Kier alpha value is -4.06. The van der Waals surface area contributed by atoms with Crippen molar-refractivity contribution in [1.82, 2.24) is 4.57 Å². The average Bonchev–Trinajstić information content (AvgIpc) is 2.79. The van der Waals surface area contributed by atoms with Gasteiger partial charge in [-0.05, 0) is 62.2 Å². The van der Waals surface area contributed by atoms with Gasteiger partial charge in [0.2, 0.25) is 0 Å². The third kappa shape index (κ3) is 3.95. The number of hydrogen-bond acceptors (Lipinski definition) is 4. The van der Waals surface area contributed by atoms with E-state index in [1.807, 2.05) is 60.9 Å². The monoisotopic (exact) mass is 428 g/mol. The molecule has 32 heavy (non-hydrogen) atoms. The van der Waals surface area contributed by atoms with Crippen molar-refractivity contribution in [3.63, 3.8) is 0 Å². The number of carbonyl (C=O) groups excluding carboxylic acids is 1. The van der Waals surface area contributed by atoms with Gasteiger partial charge in [-0.15, -0.1) is 0 Å². The summed E-state index contributed by atoms with van der Waals surface area (Å²) < 4.78 is 13.0. The first-order valence-corrected chi connectivity index (χ1v) is 10.2. The van der Waals surface area contributed by atoms with E-state index in [9.17, 15) is 9.59 Å². The van der Waals surface area contributed by atoms with Crippen molar-refractivity contribution in [1.29, 1.82) is 0 Å². The summed E-state index contributed by atoms with van der Waals surface area (Å²) >= 11 is 0. The van der Waals surface area contributed by atoms with Crippen molar-refractivity contribution in [2.75, 3.05) is 12.4 Å². The summed E-state index contributed by atoms with van der Waals surface area (Å²) in [5.41, 5.74) is 4.57. The minimum Gasteiger partial charge on any atom is -0.455 e. The maximum Gasteiger partial charge on any atom is 0.411 e. The maximum absolute atomic E-state index is 12.7. The number of hydrogen-bond donors (Lipinski definition) is 1. The first-order valence-electron chi connectivity index (χ1n) is 10.2. The van der Waals surface area contributed by atoms with E-state index in [4.69, 9.17) is 9.47 Å². The lowest BCUT2D eigenvalue weighted by atomic mass is 10.1. The lowest BCUT2D eigenvalue weighted by Gasteiger charge is -2.19. The number of ether oxygens (including phenoxy) is 2. The molecular weight excluding hydrogens is 404 g/mol. The molecule has 0 bridgehead atoms. The van der Waals surface area contributed by atoms with E-state index in [0.29, 0.717) is 28.1 Å². The Morgan fingerprint density at radius 2 is 1.62 bits per heavy atom. The van der Waals surface area contributed by atoms with E-state index >= 15 is 0 Å². The molecule has 1 N–H and O–H groups in total. The van der Waals surface area contributed by atoms with E-state index < -0.39 is 6.09 Å². The van der Waals surface area contributed by atoms with Crippen LogP contribution in [0.1, 0.15) is 16.7 Å². The Balaban J connectivity index is 1.96. The number of carbonyl (C=O) groups is 1. The number of aromatic nitrogens is 1. The van der Waals surface area contributed by atoms with Crippen LogP contribution in [0.5, 0.6) is 11.5 Å². The highest BCUT2D eigenvalue weighted by molar-refractivity contribution is 5.86. The number of para-hydroxylation sites is 2. The van der Waals surface area contributed by atoms with Crippen molar-refractivity contribution in [3.05, 3.63) is 93.8 Å². The number of rotatable bonds is 4. The minimum atomic E-state index is -0.569. The highest BCUT2D eigenvalue weighted by atomic mass is 16.5. The molecule has 162 valence electrons. The Kier molecular flexibility index (Phi) is 5.69. The van der Waals surface area contributed by atoms with Crippen LogP contribution in [0, 0.1) is 20.8 Å². The predicted molar refractivity (Wildman–Crippen MR) is 126 cm³/mol. The van der Waals surface area contributed by atoms with Crippen LogP contribution in [0.15, 0.2) is 71.7 Å². The van der Waals surface area contributed by atoms with Crippen molar-refractivity contribution in [2.45, 2.75) is 20.8 Å². The summed E-state index contributed by atoms with van der Waals surface area (Å²) in [7, 11) is 1.31. The molecule has 0 saturated heterocycles. The fraction of sp³-hybridized carbons (Fsp3) is 0.154. The van der Waals surface area contributed by atoms with Crippen LogP contribution in [0.3, 0.4) is 0 Å². The van der Waals surface area contributed by atoms with Gasteiger partial charge in [0.15, 0.2) is 11.2 Å². The number of benzene rings is 3. The van der Waals surface area contributed by atoms with Crippen LogP contribution < -0.4 is 15.5 Å². The molecule has 0 radical (unpaired) electrons. The SMILES string of the molecule is COC(=O)Nc1ccc(Oc2c(C)cccc2C)c(-n2cc(C)c(=O)c3ccccc32)c1. The molecule has 6 nitrogen and oxygen atoms in total. The average molecular weight is 428 g/mol. The molecule has 1 amide bonds. The van der Waals surface area contributed by atoms with Crippen LogP contribution in [0.25, 0.3) is 16.6 Å². The minimum absolute atomic E-state index is 0.0158. The van der Waals surface area contributed by atoms with Crippen molar-refractivity contribution in [2.24, 2.45) is 0 Å². The molecule has 4 aromatic rings. The fourth-order valence-corrected chi connectivity index (χ4v) is 3.72. The van der Waals surface area contributed by atoms with Crippen LogP contribution >= 0.6 is 0 Å². The van der Waals surface area contributed by atoms with Gasteiger partial charge < -0.3 is 14.0 Å². The zero-order valence-electron chi connectivity index (χ0n) is 18.4. The molecule has 0 atom stereocenters. The number of pyridine rings is 1. The summed E-state index contributed by atoms with van der Waals surface area (Å²) in [6.45, 7) is 5.77. The van der Waals surface area contributed by atoms with Crippen LogP contribution in [-0.2, 0) is 4.74 Å². The normalized spacial score (nSPS) is 10.8. The Morgan fingerprint density at radius 1 is 0.906 bits per heavy atom. The predicted octanol–water partition coefficient (Wildman–Crippen LogP) is 5.89. The third-order valence-corrected chi connectivity index (χ3v) is 5.36. The summed E-state index contributed by atoms with van der Waals surface area (Å²) in [6.07, 6.45) is 1.22. The molecule has 0 aliphatic rings. The van der Waals surface area contributed by atoms with Crippen molar-refractivity contribution >= 4 is 22.7 Å². The summed E-state index contributed by atoms with van der Waals surface area (Å²) in [5.74, 6) is 1.36. The number of aryl methyl sites for hydroxylation is 3. The number of methoxy groups -OCH3 is 1. The van der Waals surface area contributed by atoms with E-state index in [0.717, 1.165) is 22.4 Å². The van der Waals surface area contributed by atoms with E-state index in [-0.39, 0.29) is 5.43 Å². The fourth-order valence-electron chi connectivity index (χ4n) is 3.72. The van der Waals surface area contributed by atoms with Gasteiger partial charge in [-0.1, -0.05) is 30.3 Å². The molecule has 6 heteroatoms. The zero-order valence-corrected chi connectivity index (χ0v) is 18.4. The molecule has 1 aromatic heterocycles. The van der Waals surface area contributed by atoms with Gasteiger partial charge >= 0.3 is 6.09 Å². The number of amides is 1. The summed E-state index contributed by atoms with van der Waals surface area (Å²) in [6, 6.07) is 18.8. The molecule has 0 saturated carbocycles. The second kappa shape index (κ2) is 8.59. The van der Waals surface area contributed by atoms with Gasteiger partial charge in [0.25, 0.3) is 0 Å². The molecule has 0 aliphatic heterocycles. The molecule has 0 fully saturated rings. The number of fused-ring (bicyclic) bond motifs is 1. The highest BCUT2D eigenvalue weighted by Gasteiger charge is 2.15. The Bertz CT molecular complexity index is 1370. The quantitative estimate of drug-likeness (QED) is 0.440. The largest absolute Gasteiger partial charge is 0.455 e. The van der Waals surface area contributed by atoms with Gasteiger partial charge in [-0.3, -0.25) is 10.1 Å².